The highest BCUT2D eigenvalue weighted by atomic mass is 16.5. The van der Waals surface area contributed by atoms with Gasteiger partial charge in [-0.3, -0.25) is 9.36 Å². The maximum absolute atomic E-state index is 11.0. The van der Waals surface area contributed by atoms with E-state index in [2.05, 4.69) is 63.7 Å². The largest absolute Gasteiger partial charge is 0.507 e. The minimum Gasteiger partial charge on any atom is -0.507 e. The van der Waals surface area contributed by atoms with E-state index < -0.39 is 0 Å². The highest BCUT2D eigenvalue weighted by Crippen LogP contribution is 2.32. The van der Waals surface area contributed by atoms with E-state index in [1.807, 2.05) is 34.9 Å². The van der Waals surface area contributed by atoms with Crippen molar-refractivity contribution in [3.05, 3.63) is 114 Å². The normalized spacial score (nSPS) is 13.2. The average molecular weight is 626 g/mol. The third kappa shape index (κ3) is 6.42. The topological polar surface area (TPSA) is 131 Å². The van der Waals surface area contributed by atoms with Gasteiger partial charge >= 0.3 is 0 Å². The van der Waals surface area contributed by atoms with Gasteiger partial charge in [-0.25, -0.2) is 15.0 Å². The molecule has 1 fully saturated rings. The Morgan fingerprint density at radius 1 is 0.894 bits per heavy atom. The number of hydrogen-bond donors (Lipinski definition) is 3. The SMILES string of the molecule is Nc1ncccc1-c1nc2ccc(-c3cccc(N4CCOCC4)c3)nc2n1-c1ccc(CNCCc2ccc(C=O)c(O)c2)cc1. The highest BCUT2D eigenvalue weighted by Gasteiger charge is 2.19. The third-order valence-corrected chi connectivity index (χ3v) is 8.44. The van der Waals surface area contributed by atoms with E-state index in [9.17, 15) is 9.90 Å². The van der Waals surface area contributed by atoms with Gasteiger partial charge in [-0.05, 0) is 84.8 Å². The molecule has 4 N–H and O–H groups in total. The monoisotopic (exact) mass is 625 g/mol. The van der Waals surface area contributed by atoms with Crippen molar-refractivity contribution in [2.45, 2.75) is 13.0 Å². The zero-order chi connectivity index (χ0) is 32.2. The standard InChI is InChI=1S/C37H35N7O3/c38-35-31(5-2-15-40-35)36-42-33-13-12-32(27-3-1-4-30(22-27)43-17-19-47-20-18-43)41-37(33)44(36)29-10-7-26(8-11-29)23-39-16-14-25-6-9-28(24-45)34(46)21-25/h1-13,15,21-22,24,39,46H,14,16-20,23H2,(H2,38,40). The lowest BCUT2D eigenvalue weighted by Crippen LogP contribution is -2.36. The van der Waals surface area contributed by atoms with Gasteiger partial charge in [-0.1, -0.05) is 30.3 Å². The predicted molar refractivity (Wildman–Crippen MR) is 184 cm³/mol. The van der Waals surface area contributed by atoms with Gasteiger partial charge in [0.25, 0.3) is 0 Å². The molecular weight excluding hydrogens is 590 g/mol. The fourth-order valence-electron chi connectivity index (χ4n) is 5.91. The number of phenolic OH excluding ortho intramolecular Hbond substituents is 1. The Balaban J connectivity index is 1.17. The molecule has 0 saturated carbocycles. The van der Waals surface area contributed by atoms with Crippen molar-refractivity contribution in [2.24, 2.45) is 0 Å². The Labute approximate surface area is 272 Å². The number of morpholine rings is 1. The van der Waals surface area contributed by atoms with E-state index in [-0.39, 0.29) is 5.75 Å². The fourth-order valence-corrected chi connectivity index (χ4v) is 5.91. The third-order valence-electron chi connectivity index (χ3n) is 8.44. The molecule has 10 heteroatoms. The van der Waals surface area contributed by atoms with Gasteiger partial charge in [0.1, 0.15) is 17.1 Å². The Bertz CT molecular complexity index is 2030. The predicted octanol–water partition coefficient (Wildman–Crippen LogP) is 5.42. The molecule has 236 valence electrons. The van der Waals surface area contributed by atoms with Crippen molar-refractivity contribution >= 4 is 29.0 Å². The molecule has 1 saturated heterocycles. The second kappa shape index (κ2) is 13.4. The molecule has 0 bridgehead atoms. The van der Waals surface area contributed by atoms with E-state index in [1.165, 1.54) is 0 Å². The number of rotatable bonds is 10. The van der Waals surface area contributed by atoms with Gasteiger partial charge in [0, 0.05) is 42.8 Å². The van der Waals surface area contributed by atoms with Gasteiger partial charge in [0.05, 0.1) is 30.0 Å². The van der Waals surface area contributed by atoms with Crippen LogP contribution in [0.25, 0.3) is 39.5 Å². The van der Waals surface area contributed by atoms with Crippen LogP contribution in [0.2, 0.25) is 0 Å². The van der Waals surface area contributed by atoms with Crippen LogP contribution in [-0.2, 0) is 17.7 Å². The van der Waals surface area contributed by atoms with Gasteiger partial charge in [-0.15, -0.1) is 0 Å². The summed E-state index contributed by atoms with van der Waals surface area (Å²) in [6.45, 7) is 4.58. The lowest BCUT2D eigenvalue weighted by Gasteiger charge is -2.29. The first-order valence-electron chi connectivity index (χ1n) is 15.7. The molecule has 47 heavy (non-hydrogen) atoms. The Morgan fingerprint density at radius 2 is 1.72 bits per heavy atom. The van der Waals surface area contributed by atoms with E-state index >= 15 is 0 Å². The minimum atomic E-state index is 0.00985. The van der Waals surface area contributed by atoms with Crippen molar-refractivity contribution in [1.82, 2.24) is 24.8 Å². The van der Waals surface area contributed by atoms with Crippen molar-refractivity contribution in [3.8, 4) is 34.1 Å². The Hall–Kier alpha value is -5.58. The van der Waals surface area contributed by atoms with Gasteiger partial charge in [0.15, 0.2) is 17.8 Å². The molecule has 6 aromatic rings. The number of nitrogen functional groups attached to an aromatic ring is 1. The quantitative estimate of drug-likeness (QED) is 0.135. The van der Waals surface area contributed by atoms with E-state index in [4.69, 9.17) is 20.4 Å². The Morgan fingerprint density at radius 3 is 2.51 bits per heavy atom. The molecule has 0 aliphatic carbocycles. The van der Waals surface area contributed by atoms with Crippen LogP contribution in [0.5, 0.6) is 5.75 Å². The number of nitrogens with zero attached hydrogens (tertiary/aromatic N) is 5. The summed E-state index contributed by atoms with van der Waals surface area (Å²) in [7, 11) is 0. The number of anilines is 2. The van der Waals surface area contributed by atoms with Crippen molar-refractivity contribution in [3.63, 3.8) is 0 Å². The molecule has 3 aromatic heterocycles. The summed E-state index contributed by atoms with van der Waals surface area (Å²) in [4.78, 5) is 27.8. The number of imidazole rings is 1. The summed E-state index contributed by atoms with van der Waals surface area (Å²) >= 11 is 0. The van der Waals surface area contributed by atoms with Crippen LogP contribution < -0.4 is 16.0 Å². The molecule has 0 spiro atoms. The van der Waals surface area contributed by atoms with Gasteiger partial charge in [0.2, 0.25) is 0 Å². The second-order valence-corrected chi connectivity index (χ2v) is 11.5. The first-order chi connectivity index (χ1) is 23.1. The van der Waals surface area contributed by atoms with Gasteiger partial charge < -0.3 is 25.8 Å². The smallest absolute Gasteiger partial charge is 0.165 e. The van der Waals surface area contributed by atoms with E-state index in [1.54, 1.807) is 18.3 Å². The summed E-state index contributed by atoms with van der Waals surface area (Å²) in [5, 5.41) is 13.4. The molecule has 3 aromatic carbocycles. The maximum atomic E-state index is 11.0. The average Bonchev–Trinajstić information content (AvgIpc) is 3.50. The number of ether oxygens (including phenoxy) is 1. The Kier molecular flexibility index (Phi) is 8.59. The number of aldehydes is 1. The van der Waals surface area contributed by atoms with E-state index in [0.29, 0.717) is 30.0 Å². The molecule has 1 aliphatic rings. The number of fused-ring (bicyclic) bond motifs is 1. The number of aromatic nitrogens is 4. The second-order valence-electron chi connectivity index (χ2n) is 11.5. The molecule has 10 nitrogen and oxygen atoms in total. The molecule has 0 unspecified atom stereocenters. The lowest BCUT2D eigenvalue weighted by molar-refractivity contribution is 0.112. The van der Waals surface area contributed by atoms with Crippen LogP contribution in [0.1, 0.15) is 21.5 Å². The molecule has 0 atom stereocenters. The van der Waals surface area contributed by atoms with Crippen LogP contribution in [0, 0.1) is 0 Å². The number of pyridine rings is 2. The van der Waals surface area contributed by atoms with E-state index in [0.717, 1.165) is 89.8 Å². The van der Waals surface area contributed by atoms with Crippen LogP contribution in [0.15, 0.2) is 97.2 Å². The number of carbonyl (C=O) groups excluding carboxylic acids is 1. The molecule has 7 rings (SSSR count). The van der Waals surface area contributed by atoms with Crippen molar-refractivity contribution < 1.29 is 14.6 Å². The van der Waals surface area contributed by atoms with Crippen LogP contribution in [-0.4, -0.2) is 63.8 Å². The first kappa shape index (κ1) is 30.1. The number of nitrogens with one attached hydrogen (secondary N) is 1. The summed E-state index contributed by atoms with van der Waals surface area (Å²) in [6, 6.07) is 29.8. The van der Waals surface area contributed by atoms with Crippen molar-refractivity contribution in [1.29, 1.82) is 0 Å². The number of aromatic hydroxyl groups is 1. The summed E-state index contributed by atoms with van der Waals surface area (Å²) in [6.07, 6.45) is 3.06. The molecule has 1 aliphatic heterocycles. The van der Waals surface area contributed by atoms with Crippen molar-refractivity contribution in [2.75, 3.05) is 43.5 Å². The molecular formula is C37H35N7O3. The number of benzene rings is 3. The summed E-state index contributed by atoms with van der Waals surface area (Å²) in [5.41, 5.74) is 14.9. The number of hydrogen-bond acceptors (Lipinski definition) is 9. The molecule has 0 radical (unpaired) electrons. The van der Waals surface area contributed by atoms with Gasteiger partial charge in [-0.2, -0.15) is 0 Å². The zero-order valence-corrected chi connectivity index (χ0v) is 25.8. The number of nitrogens with two attached hydrogens (primary N) is 1. The number of carbonyl (C=O) groups is 1. The zero-order valence-electron chi connectivity index (χ0n) is 25.8. The maximum Gasteiger partial charge on any atom is 0.165 e. The summed E-state index contributed by atoms with van der Waals surface area (Å²) < 4.78 is 7.59. The first-order valence-corrected chi connectivity index (χ1v) is 15.7. The minimum absolute atomic E-state index is 0.00985. The van der Waals surface area contributed by atoms with Crippen LogP contribution in [0.3, 0.4) is 0 Å². The van der Waals surface area contributed by atoms with Crippen LogP contribution >= 0.6 is 0 Å². The fraction of sp³-hybridized carbons (Fsp3) is 0.189. The number of phenols is 1. The molecule has 0 amide bonds. The molecule has 4 heterocycles. The summed E-state index contributed by atoms with van der Waals surface area (Å²) in [5.74, 6) is 1.08. The van der Waals surface area contributed by atoms with Crippen LogP contribution in [0.4, 0.5) is 11.5 Å². The lowest BCUT2D eigenvalue weighted by atomic mass is 10.1. The highest BCUT2D eigenvalue weighted by molar-refractivity contribution is 5.85.